The maximum Gasteiger partial charge on any atom is 0.294 e. The Morgan fingerprint density at radius 3 is 2.32 bits per heavy atom. The van der Waals surface area contributed by atoms with E-state index in [1.807, 2.05) is 13.8 Å². The van der Waals surface area contributed by atoms with Crippen LogP contribution < -0.4 is 5.32 Å². The Bertz CT molecular complexity index is 562. The van der Waals surface area contributed by atoms with Crippen molar-refractivity contribution in [1.29, 1.82) is 0 Å². The topological polar surface area (TPSA) is 83.5 Å². The first-order chi connectivity index (χ1) is 8.79. The van der Waals surface area contributed by atoms with Gasteiger partial charge in [-0.3, -0.25) is 9.35 Å². The molecule has 0 unspecified atom stereocenters. The van der Waals surface area contributed by atoms with Crippen molar-refractivity contribution in [2.45, 2.75) is 38.5 Å². The zero-order chi connectivity index (χ0) is 14.6. The molecule has 0 bridgehead atoms. The highest BCUT2D eigenvalue weighted by Crippen LogP contribution is 2.21. The molecule has 0 saturated carbocycles. The Hall–Kier alpha value is -1.40. The Morgan fingerprint density at radius 1 is 1.32 bits per heavy atom. The van der Waals surface area contributed by atoms with Crippen molar-refractivity contribution in [2.24, 2.45) is 5.92 Å². The van der Waals surface area contributed by atoms with E-state index < -0.39 is 10.1 Å². The summed E-state index contributed by atoms with van der Waals surface area (Å²) in [6, 6.07) is 4.08. The minimum absolute atomic E-state index is 0.0550. The third kappa shape index (κ3) is 4.04. The second-order valence-electron chi connectivity index (χ2n) is 4.45. The minimum Gasteiger partial charge on any atom is -0.326 e. The van der Waals surface area contributed by atoms with E-state index in [0.717, 1.165) is 12.8 Å². The van der Waals surface area contributed by atoms with Gasteiger partial charge in [0.25, 0.3) is 10.1 Å². The predicted octanol–water partition coefficient (Wildman–Crippen LogP) is 2.62. The fourth-order valence-corrected chi connectivity index (χ4v) is 2.40. The van der Waals surface area contributed by atoms with Gasteiger partial charge >= 0.3 is 0 Å². The van der Waals surface area contributed by atoms with Crippen LogP contribution in [0.25, 0.3) is 0 Å². The summed E-state index contributed by atoms with van der Waals surface area (Å²) >= 11 is 0. The summed E-state index contributed by atoms with van der Waals surface area (Å²) in [5, 5.41) is 2.78. The SMILES string of the molecule is CCC(CC)C(=O)Nc1ccc(S(=O)(=O)O)cc1C. The highest BCUT2D eigenvalue weighted by atomic mass is 32.2. The van der Waals surface area contributed by atoms with Gasteiger partial charge in [-0.05, 0) is 43.5 Å². The lowest BCUT2D eigenvalue weighted by atomic mass is 10.0. The molecule has 0 aliphatic rings. The Labute approximate surface area is 113 Å². The molecule has 5 nitrogen and oxygen atoms in total. The maximum atomic E-state index is 11.9. The molecule has 0 radical (unpaired) electrons. The Balaban J connectivity index is 2.96. The summed E-state index contributed by atoms with van der Waals surface area (Å²) in [6.07, 6.45) is 1.51. The lowest BCUT2D eigenvalue weighted by molar-refractivity contribution is -0.120. The third-order valence-corrected chi connectivity index (χ3v) is 3.96. The lowest BCUT2D eigenvalue weighted by Crippen LogP contribution is -2.22. The molecular formula is C13H19NO4S. The number of carbonyl (C=O) groups is 1. The molecule has 1 rings (SSSR count). The summed E-state index contributed by atoms with van der Waals surface area (Å²) in [7, 11) is -4.21. The fourth-order valence-electron chi connectivity index (χ4n) is 1.83. The largest absolute Gasteiger partial charge is 0.326 e. The first kappa shape index (κ1) is 15.7. The number of benzene rings is 1. The van der Waals surface area contributed by atoms with E-state index in [-0.39, 0.29) is 16.7 Å². The average molecular weight is 285 g/mol. The molecule has 1 amide bonds. The number of rotatable bonds is 5. The smallest absolute Gasteiger partial charge is 0.294 e. The van der Waals surface area contributed by atoms with Gasteiger partial charge in [0.2, 0.25) is 5.91 Å². The van der Waals surface area contributed by atoms with Gasteiger partial charge in [0.1, 0.15) is 0 Å². The quantitative estimate of drug-likeness (QED) is 0.815. The van der Waals surface area contributed by atoms with E-state index in [9.17, 15) is 13.2 Å². The van der Waals surface area contributed by atoms with E-state index in [0.29, 0.717) is 11.3 Å². The van der Waals surface area contributed by atoms with Gasteiger partial charge in [-0.1, -0.05) is 13.8 Å². The molecule has 0 fully saturated rings. The number of hydrogen-bond acceptors (Lipinski definition) is 3. The van der Waals surface area contributed by atoms with Crippen LogP contribution in [0.4, 0.5) is 5.69 Å². The summed E-state index contributed by atoms with van der Waals surface area (Å²) in [6.45, 7) is 5.57. The van der Waals surface area contributed by atoms with Gasteiger partial charge in [-0.15, -0.1) is 0 Å². The van der Waals surface area contributed by atoms with E-state index in [1.165, 1.54) is 18.2 Å². The monoisotopic (exact) mass is 285 g/mol. The van der Waals surface area contributed by atoms with Crippen LogP contribution in [-0.4, -0.2) is 18.9 Å². The zero-order valence-corrected chi connectivity index (χ0v) is 12.1. The van der Waals surface area contributed by atoms with Gasteiger partial charge in [-0.2, -0.15) is 8.42 Å². The summed E-state index contributed by atoms with van der Waals surface area (Å²) in [5.41, 5.74) is 1.15. The molecule has 0 saturated heterocycles. The number of amides is 1. The number of carbonyl (C=O) groups excluding carboxylic acids is 1. The van der Waals surface area contributed by atoms with Crippen LogP contribution in [0, 0.1) is 12.8 Å². The van der Waals surface area contributed by atoms with Crippen LogP contribution in [0.3, 0.4) is 0 Å². The molecule has 0 heterocycles. The van der Waals surface area contributed by atoms with Crippen LogP contribution >= 0.6 is 0 Å². The van der Waals surface area contributed by atoms with E-state index in [1.54, 1.807) is 6.92 Å². The molecule has 19 heavy (non-hydrogen) atoms. The third-order valence-electron chi connectivity index (χ3n) is 3.11. The Kier molecular flexibility index (Phi) is 5.08. The van der Waals surface area contributed by atoms with Crippen molar-refractivity contribution in [3.63, 3.8) is 0 Å². The van der Waals surface area contributed by atoms with Crippen molar-refractivity contribution < 1.29 is 17.8 Å². The number of hydrogen-bond donors (Lipinski definition) is 2. The zero-order valence-electron chi connectivity index (χ0n) is 11.3. The maximum absolute atomic E-state index is 11.9. The number of aryl methyl sites for hydroxylation is 1. The van der Waals surface area contributed by atoms with Crippen LogP contribution in [-0.2, 0) is 14.9 Å². The molecule has 6 heteroatoms. The van der Waals surface area contributed by atoms with Gasteiger partial charge in [0, 0.05) is 11.6 Å². The summed E-state index contributed by atoms with van der Waals surface area (Å²) < 4.78 is 30.9. The summed E-state index contributed by atoms with van der Waals surface area (Å²) in [5.74, 6) is -0.131. The highest BCUT2D eigenvalue weighted by Gasteiger charge is 2.16. The Morgan fingerprint density at radius 2 is 1.89 bits per heavy atom. The molecular weight excluding hydrogens is 266 g/mol. The van der Waals surface area contributed by atoms with E-state index >= 15 is 0 Å². The molecule has 0 atom stereocenters. The van der Waals surface area contributed by atoms with Gasteiger partial charge < -0.3 is 5.32 Å². The van der Waals surface area contributed by atoms with Gasteiger partial charge in [-0.25, -0.2) is 0 Å². The molecule has 2 N–H and O–H groups in total. The molecule has 106 valence electrons. The second kappa shape index (κ2) is 6.16. The first-order valence-corrected chi connectivity index (χ1v) is 7.62. The van der Waals surface area contributed by atoms with Crippen LogP contribution in [0.5, 0.6) is 0 Å². The van der Waals surface area contributed by atoms with Gasteiger partial charge in [0.05, 0.1) is 4.90 Å². The normalized spacial score (nSPS) is 11.6. The van der Waals surface area contributed by atoms with Crippen molar-refractivity contribution >= 4 is 21.7 Å². The highest BCUT2D eigenvalue weighted by molar-refractivity contribution is 7.85. The molecule has 1 aromatic rings. The standard InChI is InChI=1S/C13H19NO4S/c1-4-10(5-2)13(15)14-12-7-6-11(8-9(12)3)19(16,17)18/h6-8,10H,4-5H2,1-3H3,(H,14,15)(H,16,17,18). The predicted molar refractivity (Wildman–Crippen MR) is 73.7 cm³/mol. The number of nitrogens with one attached hydrogen (secondary N) is 1. The minimum atomic E-state index is -4.21. The molecule has 0 aliphatic carbocycles. The van der Waals surface area contributed by atoms with Crippen LogP contribution in [0.15, 0.2) is 23.1 Å². The van der Waals surface area contributed by atoms with Crippen molar-refractivity contribution in [3.8, 4) is 0 Å². The number of anilines is 1. The molecule has 0 spiro atoms. The van der Waals surface area contributed by atoms with Crippen LogP contribution in [0.2, 0.25) is 0 Å². The van der Waals surface area contributed by atoms with Crippen molar-refractivity contribution in [3.05, 3.63) is 23.8 Å². The first-order valence-electron chi connectivity index (χ1n) is 6.18. The van der Waals surface area contributed by atoms with E-state index in [4.69, 9.17) is 4.55 Å². The second-order valence-corrected chi connectivity index (χ2v) is 5.88. The summed E-state index contributed by atoms with van der Waals surface area (Å²) in [4.78, 5) is 11.8. The van der Waals surface area contributed by atoms with Crippen molar-refractivity contribution in [2.75, 3.05) is 5.32 Å². The lowest BCUT2D eigenvalue weighted by Gasteiger charge is -2.14. The molecule has 0 aliphatic heterocycles. The van der Waals surface area contributed by atoms with Crippen molar-refractivity contribution in [1.82, 2.24) is 0 Å². The van der Waals surface area contributed by atoms with Gasteiger partial charge in [0.15, 0.2) is 0 Å². The average Bonchev–Trinajstić information content (AvgIpc) is 2.32. The molecule has 1 aromatic carbocycles. The van der Waals surface area contributed by atoms with E-state index in [2.05, 4.69) is 5.32 Å². The fraction of sp³-hybridized carbons (Fsp3) is 0.462. The molecule has 0 aromatic heterocycles. The van der Waals surface area contributed by atoms with Crippen LogP contribution in [0.1, 0.15) is 32.3 Å².